The molecule has 4 rings (SSSR count). The predicted octanol–water partition coefficient (Wildman–Crippen LogP) is 5.57. The maximum atomic E-state index is 13.4. The Hall–Kier alpha value is -3.00. The molecule has 2 aromatic carbocycles. The van der Waals surface area contributed by atoms with E-state index in [9.17, 15) is 18.0 Å². The van der Waals surface area contributed by atoms with Crippen LogP contribution in [0.3, 0.4) is 0 Å². The Morgan fingerprint density at radius 1 is 1.06 bits per heavy atom. The minimum absolute atomic E-state index is 0.0142. The van der Waals surface area contributed by atoms with Gasteiger partial charge in [0.05, 0.1) is 25.8 Å². The molecule has 0 saturated heterocycles. The van der Waals surface area contributed by atoms with Crippen LogP contribution >= 0.6 is 11.3 Å². The van der Waals surface area contributed by atoms with E-state index >= 15 is 0 Å². The van der Waals surface area contributed by atoms with Crippen LogP contribution < -0.4 is 9.47 Å². The van der Waals surface area contributed by atoms with Gasteiger partial charge in [0.2, 0.25) is 0 Å². The van der Waals surface area contributed by atoms with Gasteiger partial charge >= 0.3 is 6.18 Å². The van der Waals surface area contributed by atoms with Crippen LogP contribution in [0, 0.1) is 0 Å². The van der Waals surface area contributed by atoms with Crippen LogP contribution in [0.1, 0.15) is 38.0 Å². The fourth-order valence-corrected chi connectivity index (χ4v) is 4.77. The van der Waals surface area contributed by atoms with Crippen LogP contribution in [-0.2, 0) is 12.6 Å². The lowest BCUT2D eigenvalue weighted by molar-refractivity contribution is -0.137. The number of nitrogens with zero attached hydrogens (tertiary/aromatic N) is 1. The Bertz CT molecular complexity index is 1100. The maximum absolute atomic E-state index is 13.4. The van der Waals surface area contributed by atoms with Crippen molar-refractivity contribution < 1.29 is 27.4 Å². The van der Waals surface area contributed by atoms with Gasteiger partial charge in [-0.2, -0.15) is 13.2 Å². The van der Waals surface area contributed by atoms with Crippen LogP contribution in [0.5, 0.6) is 11.5 Å². The van der Waals surface area contributed by atoms with Crippen LogP contribution in [0.4, 0.5) is 13.2 Å². The molecule has 0 saturated carbocycles. The van der Waals surface area contributed by atoms with Crippen LogP contribution in [0.25, 0.3) is 0 Å². The molecule has 1 aromatic heterocycles. The third kappa shape index (κ3) is 3.99. The zero-order valence-electron chi connectivity index (χ0n) is 16.9. The molecule has 0 radical (unpaired) electrons. The van der Waals surface area contributed by atoms with E-state index < -0.39 is 23.7 Å². The van der Waals surface area contributed by atoms with Crippen LogP contribution in [-0.4, -0.2) is 31.6 Å². The first kappa shape index (κ1) is 21.2. The summed E-state index contributed by atoms with van der Waals surface area (Å²) in [6.07, 6.45) is -3.95. The Labute approximate surface area is 181 Å². The molecule has 0 spiro atoms. The number of alkyl halides is 3. The second-order valence-electron chi connectivity index (χ2n) is 7.15. The molecule has 162 valence electrons. The molecular weight excluding hydrogens is 427 g/mol. The Morgan fingerprint density at radius 3 is 2.45 bits per heavy atom. The normalized spacial score (nSPS) is 16.0. The van der Waals surface area contributed by atoms with E-state index in [4.69, 9.17) is 9.47 Å². The largest absolute Gasteiger partial charge is 0.493 e. The van der Waals surface area contributed by atoms with Gasteiger partial charge in [0, 0.05) is 17.0 Å². The molecule has 1 amide bonds. The van der Waals surface area contributed by atoms with Crippen molar-refractivity contribution >= 4 is 17.2 Å². The summed E-state index contributed by atoms with van der Waals surface area (Å²) in [6.45, 7) is 0.375. The van der Waals surface area contributed by atoms with Gasteiger partial charge in [0.1, 0.15) is 0 Å². The van der Waals surface area contributed by atoms with Gasteiger partial charge in [-0.1, -0.05) is 12.1 Å². The highest BCUT2D eigenvalue weighted by Gasteiger charge is 2.36. The van der Waals surface area contributed by atoms with Crippen molar-refractivity contribution in [3.05, 3.63) is 81.0 Å². The fraction of sp³-hybridized carbons (Fsp3) is 0.261. The van der Waals surface area contributed by atoms with Gasteiger partial charge in [0.15, 0.2) is 11.5 Å². The number of methoxy groups -OCH3 is 2. The second-order valence-corrected chi connectivity index (χ2v) is 8.13. The number of fused-ring (bicyclic) bond motifs is 1. The predicted molar refractivity (Wildman–Crippen MR) is 112 cm³/mol. The summed E-state index contributed by atoms with van der Waals surface area (Å²) in [5, 5.41) is 1.91. The maximum Gasteiger partial charge on any atom is 0.416 e. The summed E-state index contributed by atoms with van der Waals surface area (Å²) in [5.41, 5.74) is 1.07. The zero-order chi connectivity index (χ0) is 22.2. The van der Waals surface area contributed by atoms with Gasteiger partial charge in [-0.05, 0) is 59.3 Å². The van der Waals surface area contributed by atoms with Gasteiger partial charge in [0.25, 0.3) is 5.91 Å². The first-order chi connectivity index (χ1) is 14.8. The quantitative estimate of drug-likeness (QED) is 0.525. The summed E-state index contributed by atoms with van der Waals surface area (Å²) in [7, 11) is 3.10. The number of carbonyl (C=O) groups excluding carboxylic acids is 1. The summed E-state index contributed by atoms with van der Waals surface area (Å²) >= 11 is 1.49. The van der Waals surface area contributed by atoms with Crippen molar-refractivity contribution in [2.24, 2.45) is 0 Å². The highest BCUT2D eigenvalue weighted by molar-refractivity contribution is 7.10. The molecule has 2 heterocycles. The lowest BCUT2D eigenvalue weighted by Crippen LogP contribution is -2.40. The van der Waals surface area contributed by atoms with Crippen LogP contribution in [0.2, 0.25) is 0 Å². The topological polar surface area (TPSA) is 38.8 Å². The Balaban J connectivity index is 1.79. The molecule has 1 aliphatic heterocycles. The van der Waals surface area contributed by atoms with Gasteiger partial charge in [-0.15, -0.1) is 11.3 Å². The number of hydrogen-bond donors (Lipinski definition) is 0. The number of ether oxygens (including phenoxy) is 2. The number of rotatable bonds is 4. The van der Waals surface area contributed by atoms with E-state index in [1.54, 1.807) is 19.1 Å². The molecule has 0 bridgehead atoms. The highest BCUT2D eigenvalue weighted by atomic mass is 32.1. The van der Waals surface area contributed by atoms with E-state index in [0.29, 0.717) is 24.5 Å². The summed E-state index contributed by atoms with van der Waals surface area (Å²) in [4.78, 5) is 15.9. The SMILES string of the molecule is COc1cc2c(cc1OC)C(c1cccs1)N(C(=O)c1cccc(C(F)(F)F)c1)CC2. The van der Waals surface area contributed by atoms with Crippen molar-refractivity contribution in [3.8, 4) is 11.5 Å². The first-order valence-corrected chi connectivity index (χ1v) is 10.5. The van der Waals surface area contributed by atoms with E-state index in [0.717, 1.165) is 28.1 Å². The van der Waals surface area contributed by atoms with Gasteiger partial charge in [-0.3, -0.25) is 4.79 Å². The smallest absolute Gasteiger partial charge is 0.416 e. The number of thiophene rings is 1. The number of halogens is 3. The third-order valence-electron chi connectivity index (χ3n) is 5.38. The average Bonchev–Trinajstić information content (AvgIpc) is 3.30. The molecule has 0 aliphatic carbocycles. The van der Waals surface area contributed by atoms with Crippen molar-refractivity contribution in [1.29, 1.82) is 0 Å². The standard InChI is InChI=1S/C23H20F3NO3S/c1-29-18-12-14-8-9-27(22(28)15-5-3-6-16(11-15)23(24,25)26)21(20-7-4-10-31-20)17(14)13-19(18)30-2/h3-7,10-13,21H,8-9H2,1-2H3. The number of hydrogen-bond acceptors (Lipinski definition) is 4. The lowest BCUT2D eigenvalue weighted by atomic mass is 9.90. The monoisotopic (exact) mass is 447 g/mol. The first-order valence-electron chi connectivity index (χ1n) is 9.60. The number of carbonyl (C=O) groups is 1. The van der Waals surface area contributed by atoms with E-state index in [2.05, 4.69) is 0 Å². The molecule has 0 fully saturated rings. The second kappa shape index (κ2) is 8.26. The van der Waals surface area contributed by atoms with Crippen molar-refractivity contribution in [2.75, 3.05) is 20.8 Å². The molecule has 31 heavy (non-hydrogen) atoms. The van der Waals surface area contributed by atoms with Crippen molar-refractivity contribution in [2.45, 2.75) is 18.6 Å². The fourth-order valence-electron chi connectivity index (χ4n) is 3.91. The minimum Gasteiger partial charge on any atom is -0.493 e. The third-order valence-corrected chi connectivity index (χ3v) is 6.31. The summed E-state index contributed by atoms with van der Waals surface area (Å²) < 4.78 is 50.4. The Morgan fingerprint density at radius 2 is 1.81 bits per heavy atom. The van der Waals surface area contributed by atoms with Crippen molar-refractivity contribution in [1.82, 2.24) is 4.90 Å². The van der Waals surface area contributed by atoms with Crippen molar-refractivity contribution in [3.63, 3.8) is 0 Å². The summed E-state index contributed by atoms with van der Waals surface area (Å²) in [5.74, 6) is 0.699. The molecule has 1 unspecified atom stereocenters. The lowest BCUT2D eigenvalue weighted by Gasteiger charge is -2.37. The molecule has 1 aliphatic rings. The van der Waals surface area contributed by atoms with Gasteiger partial charge < -0.3 is 14.4 Å². The molecule has 4 nitrogen and oxygen atoms in total. The molecule has 3 aromatic rings. The molecule has 1 atom stereocenters. The van der Waals surface area contributed by atoms with Gasteiger partial charge in [-0.25, -0.2) is 0 Å². The summed E-state index contributed by atoms with van der Waals surface area (Å²) in [6, 6.07) is 11.7. The molecule has 0 N–H and O–H groups in total. The zero-order valence-corrected chi connectivity index (χ0v) is 17.7. The van der Waals surface area contributed by atoms with Crippen LogP contribution in [0.15, 0.2) is 53.9 Å². The highest BCUT2D eigenvalue weighted by Crippen LogP contribution is 2.43. The molecule has 8 heteroatoms. The Kier molecular flexibility index (Phi) is 5.66. The van der Waals surface area contributed by atoms with E-state index in [1.807, 2.05) is 29.6 Å². The molecular formula is C23H20F3NO3S. The number of amides is 1. The minimum atomic E-state index is -4.51. The van der Waals surface area contributed by atoms with E-state index in [1.165, 1.54) is 23.5 Å². The average molecular weight is 447 g/mol. The number of benzene rings is 2. The van der Waals surface area contributed by atoms with E-state index in [-0.39, 0.29) is 5.56 Å².